The van der Waals surface area contributed by atoms with Gasteiger partial charge in [0.25, 0.3) is 0 Å². The third kappa shape index (κ3) is 9.92. The molecule has 3 saturated heterocycles. The molecule has 5 aromatic rings. The van der Waals surface area contributed by atoms with E-state index in [4.69, 9.17) is 4.74 Å². The van der Waals surface area contributed by atoms with Crippen LogP contribution in [-0.2, 0) is 19.7 Å². The number of aromatic nitrogens is 6. The molecule has 3 aliphatic rings. The van der Waals surface area contributed by atoms with E-state index in [-0.39, 0.29) is 53.2 Å². The molecule has 8 rings (SSSR count). The van der Waals surface area contributed by atoms with Crippen molar-refractivity contribution >= 4 is 29.7 Å². The third-order valence-corrected chi connectivity index (χ3v) is 13.9. The van der Waals surface area contributed by atoms with E-state index in [1.165, 1.54) is 23.8 Å². The lowest BCUT2D eigenvalue weighted by Crippen LogP contribution is -2.51. The van der Waals surface area contributed by atoms with E-state index in [9.17, 15) is 24.3 Å². The molecule has 0 radical (unpaired) electrons. The maximum atomic E-state index is 13.7. The van der Waals surface area contributed by atoms with Crippen molar-refractivity contribution in [1.29, 1.82) is 0 Å². The minimum Gasteiger partial charge on any atom is -0.465 e. The van der Waals surface area contributed by atoms with Gasteiger partial charge in [-0.25, -0.2) is 9.59 Å². The SMILES string of the molecule is COC(=O)N[C@H](C(=O)N1CCC[C@H]1c1nnc(-c2ccc(C3CC[C@H](c4ccc(-c5nnc([C@@H]6CCCN6C(=O)[C@@H](NC(=O)O)C(C)C)[nH]5)cc4)N3c3ccc(C(C)(C)C)cc3)cc2)[nH]1)C(C)C. The van der Waals surface area contributed by atoms with Gasteiger partial charge in [-0.15, -0.1) is 20.4 Å². The molecule has 0 aliphatic carbocycles. The molecule has 5 N–H and O–H groups in total. The fourth-order valence-corrected chi connectivity index (χ4v) is 10.1. The lowest BCUT2D eigenvalue weighted by Gasteiger charge is -2.34. The number of carbonyl (C=O) groups is 4. The molecule has 0 saturated carbocycles. The number of nitrogens with zero attached hydrogens (tertiary/aromatic N) is 7. The van der Waals surface area contributed by atoms with Crippen LogP contribution in [-0.4, -0.2) is 102 Å². The van der Waals surface area contributed by atoms with Crippen molar-refractivity contribution in [3.8, 4) is 22.8 Å². The van der Waals surface area contributed by atoms with Crippen molar-refractivity contribution in [1.82, 2.24) is 50.8 Å². The number of carboxylic acid groups (broad SMARTS) is 1. The number of hydrogen-bond acceptors (Lipinski definition) is 10. The largest absolute Gasteiger partial charge is 0.465 e. The van der Waals surface area contributed by atoms with Crippen molar-refractivity contribution in [2.75, 3.05) is 25.1 Å². The van der Waals surface area contributed by atoms with Gasteiger partial charge in [0.05, 0.1) is 31.3 Å². The Morgan fingerprint density at radius 1 is 0.632 bits per heavy atom. The molecule has 6 atom stereocenters. The Morgan fingerprint density at radius 3 is 1.47 bits per heavy atom. The highest BCUT2D eigenvalue weighted by Crippen LogP contribution is 2.48. The number of benzene rings is 3. The number of amides is 4. The summed E-state index contributed by atoms with van der Waals surface area (Å²) in [5, 5.41) is 32.5. The summed E-state index contributed by atoms with van der Waals surface area (Å²) in [6, 6.07) is 24.0. The molecule has 17 heteroatoms. The highest BCUT2D eigenvalue weighted by atomic mass is 16.5. The van der Waals surface area contributed by atoms with E-state index in [0.717, 1.165) is 48.9 Å². The van der Waals surface area contributed by atoms with Crippen molar-refractivity contribution in [3.63, 3.8) is 0 Å². The molecule has 17 nitrogen and oxygen atoms in total. The van der Waals surface area contributed by atoms with Gasteiger partial charge >= 0.3 is 12.2 Å². The fourth-order valence-electron chi connectivity index (χ4n) is 10.1. The number of methoxy groups -OCH3 is 1. The molecular formula is C51H65N11O6. The smallest absolute Gasteiger partial charge is 0.407 e. The Balaban J connectivity index is 1.00. The lowest BCUT2D eigenvalue weighted by atomic mass is 9.87. The Kier molecular flexibility index (Phi) is 13.9. The first-order valence-electron chi connectivity index (χ1n) is 23.9. The average molecular weight is 928 g/mol. The molecule has 360 valence electrons. The normalized spacial score (nSPS) is 20.5. The molecule has 3 fully saturated rings. The number of H-pyrrole nitrogens is 2. The summed E-state index contributed by atoms with van der Waals surface area (Å²) in [6.07, 6.45) is 3.06. The van der Waals surface area contributed by atoms with Gasteiger partial charge in [-0.3, -0.25) is 9.59 Å². The average Bonchev–Trinajstić information content (AvgIpc) is 4.18. The van der Waals surface area contributed by atoms with E-state index in [1.807, 2.05) is 27.7 Å². The van der Waals surface area contributed by atoms with Gasteiger partial charge in [-0.2, -0.15) is 0 Å². The Hall–Kier alpha value is -6.78. The fraction of sp³-hybridized carbons (Fsp3) is 0.490. The zero-order chi connectivity index (χ0) is 48.4. The summed E-state index contributed by atoms with van der Waals surface area (Å²) in [7, 11) is 1.29. The summed E-state index contributed by atoms with van der Waals surface area (Å²) in [6.45, 7) is 15.2. The molecule has 5 heterocycles. The second kappa shape index (κ2) is 19.8. The maximum absolute atomic E-state index is 13.7. The second-order valence-corrected chi connectivity index (χ2v) is 20.1. The quantitative estimate of drug-likeness (QED) is 0.0753. The summed E-state index contributed by atoms with van der Waals surface area (Å²) < 4.78 is 4.79. The lowest BCUT2D eigenvalue weighted by molar-refractivity contribution is -0.136. The number of ether oxygens (including phenoxy) is 1. The molecular weight excluding hydrogens is 863 g/mol. The topological polar surface area (TPSA) is 215 Å². The number of carbonyl (C=O) groups excluding carboxylic acids is 3. The van der Waals surface area contributed by atoms with Gasteiger partial charge in [0.1, 0.15) is 12.1 Å². The number of alkyl carbamates (subject to hydrolysis) is 1. The van der Waals surface area contributed by atoms with Crippen molar-refractivity contribution in [2.24, 2.45) is 11.8 Å². The van der Waals surface area contributed by atoms with E-state index in [2.05, 4.69) is 139 Å². The molecule has 2 aromatic heterocycles. The number of anilines is 1. The molecule has 1 unspecified atom stereocenters. The Morgan fingerprint density at radius 2 is 1.07 bits per heavy atom. The molecule has 4 amide bonds. The number of rotatable bonds is 13. The first-order chi connectivity index (χ1) is 32.5. The first kappa shape index (κ1) is 47.7. The van der Waals surface area contributed by atoms with Gasteiger partial charge in [0.2, 0.25) is 11.8 Å². The van der Waals surface area contributed by atoms with E-state index < -0.39 is 24.3 Å². The van der Waals surface area contributed by atoms with E-state index in [1.54, 1.807) is 9.80 Å². The van der Waals surface area contributed by atoms with Crippen LogP contribution < -0.4 is 15.5 Å². The maximum Gasteiger partial charge on any atom is 0.407 e. The summed E-state index contributed by atoms with van der Waals surface area (Å²) in [4.78, 5) is 63.7. The van der Waals surface area contributed by atoms with Crippen molar-refractivity contribution < 1.29 is 29.0 Å². The number of aromatic amines is 2. The predicted molar refractivity (Wildman–Crippen MR) is 257 cm³/mol. The van der Waals surface area contributed by atoms with Gasteiger partial charge in [0.15, 0.2) is 23.3 Å². The summed E-state index contributed by atoms with van der Waals surface area (Å²) in [5.74, 6) is 1.67. The molecule has 3 aromatic carbocycles. The van der Waals surface area contributed by atoms with Crippen LogP contribution in [0.15, 0.2) is 72.8 Å². The Labute approximate surface area is 397 Å². The van der Waals surface area contributed by atoms with Crippen LogP contribution in [0.2, 0.25) is 0 Å². The second-order valence-electron chi connectivity index (χ2n) is 20.1. The molecule has 68 heavy (non-hydrogen) atoms. The first-order valence-corrected chi connectivity index (χ1v) is 23.9. The summed E-state index contributed by atoms with van der Waals surface area (Å²) >= 11 is 0. The number of likely N-dealkylation sites (tertiary alicyclic amines) is 2. The van der Waals surface area contributed by atoms with Crippen molar-refractivity contribution in [2.45, 2.75) is 129 Å². The van der Waals surface area contributed by atoms with E-state index in [0.29, 0.717) is 42.8 Å². The standard InChI is InChI=1S/C51H65N11O6/c1-29(2)41(52-49(65)66)47(63)60-27-9-11-39(60)45-54-43(56-58-45)33-17-13-31(14-18-33)37-25-26-38(62(37)36-23-21-35(22-24-36)51(5,6)7)32-15-19-34(20-16-32)44-55-46(59-57-44)40-12-10-28-61(40)48(64)42(30(3)4)53-50(67)68-8/h13-24,29-30,37-42,52H,9-12,25-28H2,1-8H3,(H,53,67)(H,65,66)(H,54,56,58)(H,55,57,59)/t37-,38?,39+,40+,41+,42+/m1/s1. The monoisotopic (exact) mass is 928 g/mol. The minimum atomic E-state index is -1.22. The zero-order valence-electron chi connectivity index (χ0n) is 40.3. The number of nitrogens with one attached hydrogen (secondary N) is 4. The highest BCUT2D eigenvalue weighted by molar-refractivity contribution is 5.87. The van der Waals surface area contributed by atoms with Crippen LogP contribution in [0.3, 0.4) is 0 Å². The van der Waals surface area contributed by atoms with Crippen LogP contribution in [0, 0.1) is 11.8 Å². The van der Waals surface area contributed by atoms with Crippen LogP contribution in [0.25, 0.3) is 22.8 Å². The molecule has 0 spiro atoms. The molecule has 0 bridgehead atoms. The van der Waals surface area contributed by atoms with Gasteiger partial charge < -0.3 is 45.1 Å². The zero-order valence-corrected chi connectivity index (χ0v) is 40.3. The van der Waals surface area contributed by atoms with Crippen LogP contribution >= 0.6 is 0 Å². The van der Waals surface area contributed by atoms with Gasteiger partial charge in [-0.1, -0.05) is 109 Å². The van der Waals surface area contributed by atoms with Gasteiger partial charge in [-0.05, 0) is 84.6 Å². The van der Waals surface area contributed by atoms with E-state index >= 15 is 0 Å². The number of hydrogen-bond donors (Lipinski definition) is 5. The minimum absolute atomic E-state index is 0.0125. The van der Waals surface area contributed by atoms with Gasteiger partial charge in [0, 0.05) is 29.9 Å². The third-order valence-electron chi connectivity index (χ3n) is 13.9. The Bertz CT molecular complexity index is 2570. The molecule has 3 aliphatic heterocycles. The van der Waals surface area contributed by atoms with Crippen molar-refractivity contribution in [3.05, 3.63) is 101 Å². The highest BCUT2D eigenvalue weighted by Gasteiger charge is 2.40. The van der Waals surface area contributed by atoms with Crippen LogP contribution in [0.1, 0.15) is 139 Å². The summed E-state index contributed by atoms with van der Waals surface area (Å²) in [5.41, 5.74) is 6.55. The van der Waals surface area contributed by atoms with Crippen LogP contribution in [0.5, 0.6) is 0 Å². The predicted octanol–water partition coefficient (Wildman–Crippen LogP) is 8.64. The van der Waals surface area contributed by atoms with Crippen LogP contribution in [0.4, 0.5) is 15.3 Å².